The van der Waals surface area contributed by atoms with E-state index in [4.69, 9.17) is 16.7 Å². The molecule has 134 valence electrons. The highest BCUT2D eigenvalue weighted by atomic mass is 35.5. The minimum Gasteiger partial charge on any atom is -0.481 e. The maximum absolute atomic E-state index is 13.4. The molecule has 0 radical (unpaired) electrons. The highest BCUT2D eigenvalue weighted by Crippen LogP contribution is 2.41. The summed E-state index contributed by atoms with van der Waals surface area (Å²) >= 11 is 7.45. The fourth-order valence-electron chi connectivity index (χ4n) is 3.41. The van der Waals surface area contributed by atoms with E-state index in [1.807, 2.05) is 0 Å². The Morgan fingerprint density at radius 3 is 3.04 bits per heavy atom. The third kappa shape index (κ3) is 3.24. The van der Waals surface area contributed by atoms with Crippen LogP contribution in [0.15, 0.2) is 24.5 Å². The van der Waals surface area contributed by atoms with Crippen molar-refractivity contribution < 1.29 is 14.3 Å². The number of benzene rings is 1. The zero-order chi connectivity index (χ0) is 18.3. The lowest BCUT2D eigenvalue weighted by atomic mass is 9.86. The first kappa shape index (κ1) is 17.2. The van der Waals surface area contributed by atoms with Gasteiger partial charge in [0.15, 0.2) is 0 Å². The number of rotatable bonds is 4. The van der Waals surface area contributed by atoms with E-state index in [2.05, 4.69) is 15.3 Å². The predicted octanol–water partition coefficient (Wildman–Crippen LogP) is 4.81. The molecule has 0 bridgehead atoms. The van der Waals surface area contributed by atoms with Crippen LogP contribution >= 0.6 is 22.9 Å². The van der Waals surface area contributed by atoms with Crippen molar-refractivity contribution in [2.45, 2.75) is 25.7 Å². The van der Waals surface area contributed by atoms with Gasteiger partial charge in [-0.25, -0.2) is 14.4 Å². The fraction of sp³-hybridized carbons (Fsp3) is 0.278. The molecule has 0 saturated heterocycles. The molecule has 0 aliphatic heterocycles. The number of carbonyl (C=O) groups is 1. The zero-order valence-electron chi connectivity index (χ0n) is 13.6. The number of thiophene rings is 1. The average Bonchev–Trinajstić information content (AvgIpc) is 2.96. The van der Waals surface area contributed by atoms with Gasteiger partial charge in [0.2, 0.25) is 0 Å². The molecule has 8 heteroatoms. The Morgan fingerprint density at radius 1 is 1.42 bits per heavy atom. The van der Waals surface area contributed by atoms with Crippen LogP contribution in [-0.2, 0) is 17.6 Å². The zero-order valence-corrected chi connectivity index (χ0v) is 15.2. The molecule has 0 spiro atoms. The Labute approximate surface area is 157 Å². The monoisotopic (exact) mass is 391 g/mol. The van der Waals surface area contributed by atoms with Crippen molar-refractivity contribution in [2.75, 3.05) is 5.32 Å². The lowest BCUT2D eigenvalue weighted by molar-refractivity contribution is -0.138. The van der Waals surface area contributed by atoms with Gasteiger partial charge in [-0.2, -0.15) is 0 Å². The van der Waals surface area contributed by atoms with Gasteiger partial charge in [0.25, 0.3) is 0 Å². The SMILES string of the molecule is O=C(O)CC1CCc2c(sc3ncnc(Nc4ccc(F)c(Cl)c4)c23)C1. The molecule has 4 rings (SSSR count). The van der Waals surface area contributed by atoms with Gasteiger partial charge < -0.3 is 10.4 Å². The molecular formula is C18H15ClFN3O2S. The van der Waals surface area contributed by atoms with Gasteiger partial charge in [-0.1, -0.05) is 11.6 Å². The normalized spacial score (nSPS) is 16.5. The van der Waals surface area contributed by atoms with E-state index < -0.39 is 11.8 Å². The summed E-state index contributed by atoms with van der Waals surface area (Å²) in [5.41, 5.74) is 1.83. The quantitative estimate of drug-likeness (QED) is 0.667. The van der Waals surface area contributed by atoms with Crippen LogP contribution < -0.4 is 5.32 Å². The van der Waals surface area contributed by atoms with Crippen LogP contribution in [0.4, 0.5) is 15.9 Å². The maximum Gasteiger partial charge on any atom is 0.303 e. The summed E-state index contributed by atoms with van der Waals surface area (Å²) in [6.07, 6.45) is 4.08. The van der Waals surface area contributed by atoms with Crippen LogP contribution in [0.5, 0.6) is 0 Å². The van der Waals surface area contributed by atoms with E-state index in [0.717, 1.165) is 29.5 Å². The molecule has 2 aromatic heterocycles. The number of halogens is 2. The van der Waals surface area contributed by atoms with E-state index in [0.29, 0.717) is 11.5 Å². The first-order valence-corrected chi connectivity index (χ1v) is 9.40. The Hall–Kier alpha value is -2.25. The molecular weight excluding hydrogens is 377 g/mol. The highest BCUT2D eigenvalue weighted by molar-refractivity contribution is 7.19. The Bertz CT molecular complexity index is 1010. The molecule has 1 aliphatic carbocycles. The predicted molar refractivity (Wildman–Crippen MR) is 99.9 cm³/mol. The maximum atomic E-state index is 13.4. The number of carboxylic acid groups (broad SMARTS) is 1. The van der Waals surface area contributed by atoms with Crippen LogP contribution in [0.2, 0.25) is 5.02 Å². The van der Waals surface area contributed by atoms with Crippen molar-refractivity contribution in [1.82, 2.24) is 9.97 Å². The third-order valence-corrected chi connectivity index (χ3v) is 6.05. The van der Waals surface area contributed by atoms with Gasteiger partial charge in [0.1, 0.15) is 22.8 Å². The molecule has 0 amide bonds. The lowest BCUT2D eigenvalue weighted by Crippen LogP contribution is -2.16. The fourth-order valence-corrected chi connectivity index (χ4v) is 4.89. The van der Waals surface area contributed by atoms with Crippen molar-refractivity contribution in [3.63, 3.8) is 0 Å². The minimum atomic E-state index is -0.755. The Balaban J connectivity index is 1.70. The van der Waals surface area contributed by atoms with E-state index in [1.165, 1.54) is 28.9 Å². The third-order valence-electron chi connectivity index (χ3n) is 4.59. The molecule has 1 aliphatic rings. The molecule has 2 heterocycles. The van der Waals surface area contributed by atoms with Gasteiger partial charge in [-0.3, -0.25) is 4.79 Å². The van der Waals surface area contributed by atoms with Crippen molar-refractivity contribution in [3.8, 4) is 0 Å². The standard InChI is InChI=1S/C18H15ClFN3O2S/c19-12-7-10(2-4-13(12)20)23-17-16-11-3-1-9(6-15(24)25)5-14(11)26-18(16)22-8-21-17/h2,4,7-9H,1,3,5-6H2,(H,24,25)(H,21,22,23). The molecule has 0 saturated carbocycles. The van der Waals surface area contributed by atoms with Gasteiger partial charge in [-0.15, -0.1) is 11.3 Å². The number of carboxylic acids is 1. The van der Waals surface area contributed by atoms with Crippen LogP contribution in [0.1, 0.15) is 23.3 Å². The summed E-state index contributed by atoms with van der Waals surface area (Å²) < 4.78 is 13.4. The number of fused-ring (bicyclic) bond motifs is 3. The summed E-state index contributed by atoms with van der Waals surface area (Å²) in [5.74, 6) is -0.405. The Morgan fingerprint density at radius 2 is 2.27 bits per heavy atom. The minimum absolute atomic E-state index is 0.0455. The van der Waals surface area contributed by atoms with Crippen LogP contribution in [-0.4, -0.2) is 21.0 Å². The number of nitrogens with zero attached hydrogens (tertiary/aromatic N) is 2. The van der Waals surface area contributed by atoms with Crippen molar-refractivity contribution in [1.29, 1.82) is 0 Å². The van der Waals surface area contributed by atoms with Crippen LogP contribution in [0.3, 0.4) is 0 Å². The van der Waals surface area contributed by atoms with Crippen LogP contribution in [0, 0.1) is 11.7 Å². The number of hydrogen-bond acceptors (Lipinski definition) is 5. The first-order chi connectivity index (χ1) is 12.5. The van der Waals surface area contributed by atoms with Gasteiger partial charge in [0, 0.05) is 17.0 Å². The van der Waals surface area contributed by atoms with E-state index >= 15 is 0 Å². The lowest BCUT2D eigenvalue weighted by Gasteiger charge is -2.20. The smallest absolute Gasteiger partial charge is 0.303 e. The van der Waals surface area contributed by atoms with Crippen molar-refractivity contribution in [2.24, 2.45) is 5.92 Å². The van der Waals surface area contributed by atoms with E-state index in [-0.39, 0.29) is 17.4 Å². The molecule has 1 aromatic carbocycles. The summed E-state index contributed by atoms with van der Waals surface area (Å²) in [6.45, 7) is 0. The second-order valence-corrected chi connectivity index (χ2v) is 7.86. The highest BCUT2D eigenvalue weighted by Gasteiger charge is 2.26. The average molecular weight is 392 g/mol. The summed E-state index contributed by atoms with van der Waals surface area (Å²) in [4.78, 5) is 21.8. The number of aromatic nitrogens is 2. The second kappa shape index (κ2) is 6.81. The first-order valence-electron chi connectivity index (χ1n) is 8.20. The summed E-state index contributed by atoms with van der Waals surface area (Å²) in [7, 11) is 0. The summed E-state index contributed by atoms with van der Waals surface area (Å²) in [5, 5.41) is 13.2. The van der Waals surface area contributed by atoms with Gasteiger partial charge in [-0.05, 0) is 48.9 Å². The molecule has 3 aromatic rings. The topological polar surface area (TPSA) is 75.1 Å². The largest absolute Gasteiger partial charge is 0.481 e. The van der Waals surface area contributed by atoms with Crippen molar-refractivity contribution in [3.05, 3.63) is 45.8 Å². The summed E-state index contributed by atoms with van der Waals surface area (Å²) in [6, 6.07) is 4.44. The van der Waals surface area contributed by atoms with Crippen LogP contribution in [0.25, 0.3) is 10.2 Å². The number of anilines is 2. The molecule has 5 nitrogen and oxygen atoms in total. The molecule has 2 N–H and O–H groups in total. The molecule has 1 unspecified atom stereocenters. The van der Waals surface area contributed by atoms with E-state index in [1.54, 1.807) is 17.4 Å². The second-order valence-electron chi connectivity index (χ2n) is 6.37. The van der Waals surface area contributed by atoms with E-state index in [9.17, 15) is 9.18 Å². The molecule has 0 fully saturated rings. The van der Waals surface area contributed by atoms with Crippen molar-refractivity contribution >= 4 is 50.6 Å². The van der Waals surface area contributed by atoms with Gasteiger partial charge in [0.05, 0.1) is 10.4 Å². The number of aliphatic carboxylic acids is 1. The number of hydrogen-bond donors (Lipinski definition) is 2. The molecule has 1 atom stereocenters. The Kier molecular flexibility index (Phi) is 4.50. The molecule has 26 heavy (non-hydrogen) atoms. The number of aryl methyl sites for hydroxylation is 1. The van der Waals surface area contributed by atoms with Gasteiger partial charge >= 0.3 is 5.97 Å². The number of nitrogens with one attached hydrogen (secondary N) is 1.